The summed E-state index contributed by atoms with van der Waals surface area (Å²) in [5.74, 6) is -2.10. The number of aliphatic hydroxyl groups excluding tert-OH is 2. The number of nitrogens with zero attached hydrogens (tertiary/aromatic N) is 4. The summed E-state index contributed by atoms with van der Waals surface area (Å²) >= 11 is 1.76. The highest BCUT2D eigenvalue weighted by Crippen LogP contribution is 2.61. The number of hydrogen-bond donors (Lipinski definition) is 11. The predicted octanol–water partition coefficient (Wildman–Crippen LogP) is 1.82. The molecule has 1 saturated heterocycles. The maximum Gasteiger partial charge on any atom is 0.481 e. The number of anilines is 1. The van der Waals surface area contributed by atoms with Crippen LogP contribution in [0.4, 0.5) is 5.82 Å². The minimum Gasteiger partial charge on any atom is -0.481 e. The van der Waals surface area contributed by atoms with E-state index in [1.165, 1.54) is 58.8 Å². The molecule has 1 fully saturated rings. The molecule has 3 rings (SSSR count). The number of carboxylic acids is 2. The Morgan fingerprint density at radius 3 is 2.12 bits per heavy atom. The Kier molecular flexibility index (Phi) is 24.6. The van der Waals surface area contributed by atoms with Crippen molar-refractivity contribution in [1.29, 1.82) is 0 Å². The molecule has 7 atom stereocenters. The average Bonchev–Trinajstić information content (AvgIpc) is 3.76. The van der Waals surface area contributed by atoms with Gasteiger partial charge in [0.05, 0.1) is 19.5 Å². The molecule has 27 nitrogen and oxygen atoms in total. The van der Waals surface area contributed by atoms with E-state index in [4.69, 9.17) is 29.7 Å². The maximum atomic E-state index is 12.7. The first-order valence-electron chi connectivity index (χ1n) is 20.2. The number of unbranched alkanes of at least 4 members (excludes halogenated alkanes) is 7. The van der Waals surface area contributed by atoms with E-state index in [0.29, 0.717) is 6.54 Å². The molecule has 0 aliphatic carbocycles. The van der Waals surface area contributed by atoms with Crippen LogP contribution in [0.15, 0.2) is 12.7 Å². The van der Waals surface area contributed by atoms with Crippen LogP contribution in [0, 0.1) is 5.41 Å². The van der Waals surface area contributed by atoms with Crippen LogP contribution in [0.5, 0.6) is 0 Å². The van der Waals surface area contributed by atoms with Gasteiger partial charge in [-0.25, -0.2) is 28.6 Å². The Morgan fingerprint density at radius 2 is 1.52 bits per heavy atom. The summed E-state index contributed by atoms with van der Waals surface area (Å²) < 4.78 is 62.3. The number of nitrogen functional groups attached to an aromatic ring is 1. The molecular weight excluding hydrogens is 951 g/mol. The monoisotopic (exact) mass is 1010 g/mol. The van der Waals surface area contributed by atoms with E-state index in [2.05, 4.69) is 41.3 Å². The molecule has 2 amide bonds. The molecular formula is C34H60N7O20P3S. The molecule has 1 aliphatic rings. The number of fused-ring (bicyclic) bond motifs is 1. The zero-order valence-electron chi connectivity index (χ0n) is 35.9. The lowest BCUT2D eigenvalue weighted by atomic mass is 9.87. The van der Waals surface area contributed by atoms with Crippen LogP contribution < -0.4 is 16.4 Å². The fourth-order valence-electron chi connectivity index (χ4n) is 5.77. The topological polar surface area (TPSA) is 421 Å². The van der Waals surface area contributed by atoms with Crippen molar-refractivity contribution in [1.82, 2.24) is 30.2 Å². The highest BCUT2D eigenvalue weighted by atomic mass is 32.2. The third-order valence-corrected chi connectivity index (χ3v) is 13.3. The fraction of sp³-hybridized carbons (Fsp3) is 0.735. The number of aromatic nitrogens is 4. The number of aliphatic carboxylic acids is 2. The first-order valence-corrected chi connectivity index (χ1v) is 25.9. The number of carbonyl (C=O) groups is 4. The Morgan fingerprint density at radius 1 is 0.908 bits per heavy atom. The Balaban J connectivity index is 0.00000191. The highest BCUT2D eigenvalue weighted by molar-refractivity contribution is 7.99. The summed E-state index contributed by atoms with van der Waals surface area (Å²) in [6, 6.07) is 0. The minimum atomic E-state index is -5.55. The molecule has 0 radical (unpaired) electrons. The lowest BCUT2D eigenvalue weighted by Gasteiger charge is -2.30. The Bertz CT molecular complexity index is 1980. The zero-order chi connectivity index (χ0) is 49.0. The van der Waals surface area contributed by atoms with Gasteiger partial charge >= 0.3 is 35.4 Å². The van der Waals surface area contributed by atoms with Crippen LogP contribution in [0.3, 0.4) is 0 Å². The van der Waals surface area contributed by atoms with Gasteiger partial charge in [0.25, 0.3) is 0 Å². The number of nitrogens with two attached hydrogens (primary N) is 1. The first kappa shape index (κ1) is 58.0. The van der Waals surface area contributed by atoms with Crippen molar-refractivity contribution in [3.8, 4) is 0 Å². The predicted molar refractivity (Wildman–Crippen MR) is 229 cm³/mol. The van der Waals surface area contributed by atoms with E-state index in [9.17, 15) is 62.7 Å². The van der Waals surface area contributed by atoms with Crippen LogP contribution in [-0.4, -0.2) is 145 Å². The molecule has 2 aromatic rings. The molecule has 372 valence electrons. The van der Waals surface area contributed by atoms with Crippen molar-refractivity contribution in [3.05, 3.63) is 12.7 Å². The number of hydrogen-bond acceptors (Lipinski definition) is 19. The van der Waals surface area contributed by atoms with Crippen molar-refractivity contribution >= 4 is 76.0 Å². The van der Waals surface area contributed by atoms with Crippen LogP contribution in [0.25, 0.3) is 11.2 Å². The zero-order valence-corrected chi connectivity index (χ0v) is 39.4. The molecule has 1 aliphatic heterocycles. The van der Waals surface area contributed by atoms with Gasteiger partial charge in [0.1, 0.15) is 42.7 Å². The van der Waals surface area contributed by atoms with Gasteiger partial charge in [-0.15, -0.1) is 0 Å². The number of nitrogens with one attached hydrogen (secondary N) is 2. The van der Waals surface area contributed by atoms with Crippen molar-refractivity contribution in [2.45, 2.75) is 116 Å². The Labute approximate surface area is 378 Å². The second-order valence-corrected chi connectivity index (χ2v) is 20.6. The molecule has 12 N–H and O–H groups in total. The molecule has 0 saturated carbocycles. The molecule has 0 spiro atoms. The van der Waals surface area contributed by atoms with Gasteiger partial charge in [-0.2, -0.15) is 16.1 Å². The van der Waals surface area contributed by atoms with Gasteiger partial charge in [-0.1, -0.05) is 65.7 Å². The van der Waals surface area contributed by atoms with E-state index in [1.54, 1.807) is 11.8 Å². The minimum absolute atomic E-state index is 0.0326. The average molecular weight is 1010 g/mol. The van der Waals surface area contributed by atoms with Gasteiger partial charge in [0.2, 0.25) is 11.8 Å². The summed E-state index contributed by atoms with van der Waals surface area (Å²) in [6.07, 6.45) is 2.48. The fourth-order valence-corrected chi connectivity index (χ4v) is 9.46. The number of aliphatic hydroxyl groups is 2. The van der Waals surface area contributed by atoms with E-state index < -0.39 is 97.0 Å². The second kappa shape index (κ2) is 27.6. The summed E-state index contributed by atoms with van der Waals surface area (Å²) in [5, 5.41) is 42.1. The van der Waals surface area contributed by atoms with Crippen LogP contribution in [0.2, 0.25) is 0 Å². The van der Waals surface area contributed by atoms with E-state index >= 15 is 0 Å². The third kappa shape index (κ3) is 22.0. The van der Waals surface area contributed by atoms with Crippen molar-refractivity contribution in [2.75, 3.05) is 43.5 Å². The highest BCUT2D eigenvalue weighted by Gasteiger charge is 2.50. The molecule has 2 aromatic heterocycles. The number of carboxylic acid groups (broad SMARTS) is 2. The third-order valence-electron chi connectivity index (χ3n) is 9.09. The summed E-state index contributed by atoms with van der Waals surface area (Å²) in [5.41, 5.74) is 4.33. The standard InChI is InChI=1S/C31H56N7O16P3S.C3H4O4/c1-4-5-6-7-8-9-10-11-15-58-16-14-33-22(39)12-13-34-29(42)26(41)31(2,3)18-51-57(48,49)54-56(46,47)50-17-21-25(53-55(43,44)45)24(40)30(52-21)38-20-37-23-27(32)35-19-36-28(23)38;4-2(5)1-3(6)7/h19-21,24-26,30,40-41H,4-18H2,1-3H3,(H,33,39)(H,34,42)(H,46,47)(H,48,49)(H2,32,35,36)(H2,43,44,45);1H2,(H,4,5)(H,6,7)/t21-,24-,25-,26+,30-;/m1./s1. The van der Waals surface area contributed by atoms with Crippen molar-refractivity contribution in [2.24, 2.45) is 5.41 Å². The molecule has 3 heterocycles. The SMILES string of the molecule is CCCCCCCCCCSCCNC(=O)CCNC(=O)[C@H](O)C(C)(C)COP(=O)(O)OP(=O)(O)OC[C@H]1O[C@@H](n2cnc3c(N)ncnc32)[C@H](O)[C@@H]1OP(=O)(O)O.O=C(O)CC(=O)O. The van der Waals surface area contributed by atoms with Crippen LogP contribution in [-0.2, 0) is 55.5 Å². The maximum absolute atomic E-state index is 12.7. The van der Waals surface area contributed by atoms with Crippen molar-refractivity contribution in [3.63, 3.8) is 0 Å². The number of phosphoric acid groups is 3. The van der Waals surface area contributed by atoms with E-state index in [-0.39, 0.29) is 35.9 Å². The lowest BCUT2D eigenvalue weighted by Crippen LogP contribution is -2.46. The summed E-state index contributed by atoms with van der Waals surface area (Å²) in [6.45, 7) is 3.17. The number of imidazole rings is 1. The number of ether oxygens (including phenoxy) is 1. The number of rotatable bonds is 30. The quantitative estimate of drug-likeness (QED) is 0.0302. The van der Waals surface area contributed by atoms with Crippen LogP contribution in [0.1, 0.15) is 91.2 Å². The molecule has 0 bridgehead atoms. The van der Waals surface area contributed by atoms with E-state index in [0.717, 1.165) is 35.1 Å². The molecule has 0 aromatic carbocycles. The smallest absolute Gasteiger partial charge is 0.481 e. The number of carbonyl (C=O) groups excluding carboxylic acids is 2. The number of thioether (sulfide) groups is 1. The van der Waals surface area contributed by atoms with Gasteiger partial charge in [0.15, 0.2) is 17.7 Å². The first-order chi connectivity index (χ1) is 30.3. The molecule has 2 unspecified atom stereocenters. The molecule has 65 heavy (non-hydrogen) atoms. The van der Waals surface area contributed by atoms with Crippen molar-refractivity contribution < 1.29 is 95.5 Å². The van der Waals surface area contributed by atoms with Gasteiger partial charge in [-0.05, 0) is 12.2 Å². The number of phosphoric ester groups is 3. The number of amides is 2. The summed E-state index contributed by atoms with van der Waals surface area (Å²) in [4.78, 5) is 94.7. The largest absolute Gasteiger partial charge is 0.481 e. The second-order valence-electron chi connectivity index (χ2n) is 15.1. The Hall–Kier alpha value is -3.17. The normalized spacial score (nSPS) is 20.0. The van der Waals surface area contributed by atoms with E-state index in [1.807, 2.05) is 0 Å². The summed E-state index contributed by atoms with van der Waals surface area (Å²) in [7, 11) is -16.3. The van der Waals surface area contributed by atoms with Gasteiger partial charge in [-0.3, -0.25) is 37.3 Å². The molecule has 31 heteroatoms. The van der Waals surface area contributed by atoms with Crippen LogP contribution >= 0.6 is 35.2 Å². The lowest BCUT2D eigenvalue weighted by molar-refractivity contribution is -0.147. The van der Waals surface area contributed by atoms with Gasteiger partial charge < -0.3 is 61.1 Å². The van der Waals surface area contributed by atoms with Gasteiger partial charge in [0, 0.05) is 30.7 Å².